The van der Waals surface area contributed by atoms with E-state index in [0.29, 0.717) is 12.8 Å². The van der Waals surface area contributed by atoms with Crippen LogP contribution >= 0.6 is 0 Å². The standard InChI is InChI=1S/C13H18FNO/c1-10-8-12(14)6-5-11(10)9-13(16)4-3-7-15-2/h5-6,8,15H,3-4,7,9H2,1-2H3. The van der Waals surface area contributed by atoms with Gasteiger partial charge in [0.2, 0.25) is 0 Å². The van der Waals surface area contributed by atoms with E-state index in [2.05, 4.69) is 5.32 Å². The maximum Gasteiger partial charge on any atom is 0.137 e. The molecular formula is C13H18FNO. The minimum absolute atomic E-state index is 0.213. The number of hydrogen-bond donors (Lipinski definition) is 1. The van der Waals surface area contributed by atoms with Crippen molar-refractivity contribution in [1.82, 2.24) is 5.32 Å². The summed E-state index contributed by atoms with van der Waals surface area (Å²) in [5, 5.41) is 3.00. The van der Waals surface area contributed by atoms with Crippen LogP contribution in [0.25, 0.3) is 0 Å². The predicted octanol–water partition coefficient (Wildman–Crippen LogP) is 2.25. The molecule has 1 N–H and O–H groups in total. The van der Waals surface area contributed by atoms with Gasteiger partial charge in [-0.1, -0.05) is 6.07 Å². The van der Waals surface area contributed by atoms with Crippen LogP contribution in [0.1, 0.15) is 24.0 Å². The lowest BCUT2D eigenvalue weighted by Gasteiger charge is -2.05. The highest BCUT2D eigenvalue weighted by Crippen LogP contribution is 2.12. The number of benzene rings is 1. The Morgan fingerprint density at radius 1 is 1.44 bits per heavy atom. The molecule has 0 aliphatic rings. The molecule has 0 amide bonds. The minimum Gasteiger partial charge on any atom is -0.320 e. The SMILES string of the molecule is CNCCCC(=O)Cc1ccc(F)cc1C. The molecule has 0 aromatic heterocycles. The van der Waals surface area contributed by atoms with Gasteiger partial charge in [-0.3, -0.25) is 4.79 Å². The Labute approximate surface area is 95.9 Å². The summed E-state index contributed by atoms with van der Waals surface area (Å²) in [4.78, 5) is 11.6. The number of rotatable bonds is 6. The van der Waals surface area contributed by atoms with E-state index in [0.717, 1.165) is 24.1 Å². The number of ketones is 1. The first-order valence-corrected chi connectivity index (χ1v) is 5.55. The second-order valence-corrected chi connectivity index (χ2v) is 3.99. The molecule has 0 saturated carbocycles. The van der Waals surface area contributed by atoms with Gasteiger partial charge in [0.1, 0.15) is 11.6 Å². The Hall–Kier alpha value is -1.22. The van der Waals surface area contributed by atoms with Gasteiger partial charge in [-0.2, -0.15) is 0 Å². The number of carbonyl (C=O) groups excluding carboxylic acids is 1. The lowest BCUT2D eigenvalue weighted by Crippen LogP contribution is -2.11. The summed E-state index contributed by atoms with van der Waals surface area (Å²) in [6.45, 7) is 2.69. The van der Waals surface area contributed by atoms with Crippen LogP contribution in [0, 0.1) is 12.7 Å². The largest absolute Gasteiger partial charge is 0.320 e. The van der Waals surface area contributed by atoms with Crippen molar-refractivity contribution < 1.29 is 9.18 Å². The highest BCUT2D eigenvalue weighted by Gasteiger charge is 2.06. The molecule has 88 valence electrons. The molecule has 2 nitrogen and oxygen atoms in total. The Balaban J connectivity index is 2.49. The molecule has 0 heterocycles. The zero-order valence-electron chi connectivity index (χ0n) is 9.85. The number of carbonyl (C=O) groups is 1. The average Bonchev–Trinajstić information content (AvgIpc) is 2.23. The van der Waals surface area contributed by atoms with Gasteiger partial charge >= 0.3 is 0 Å². The van der Waals surface area contributed by atoms with Gasteiger partial charge in [-0.15, -0.1) is 0 Å². The van der Waals surface area contributed by atoms with E-state index in [1.165, 1.54) is 12.1 Å². The molecule has 1 rings (SSSR count). The zero-order chi connectivity index (χ0) is 12.0. The fourth-order valence-corrected chi connectivity index (χ4v) is 1.62. The summed E-state index contributed by atoms with van der Waals surface area (Å²) >= 11 is 0. The summed E-state index contributed by atoms with van der Waals surface area (Å²) in [6, 6.07) is 4.57. The fourth-order valence-electron chi connectivity index (χ4n) is 1.62. The molecule has 0 unspecified atom stereocenters. The molecule has 0 radical (unpaired) electrons. The third-order valence-electron chi connectivity index (χ3n) is 2.57. The van der Waals surface area contributed by atoms with Crippen molar-refractivity contribution in [2.45, 2.75) is 26.2 Å². The Bertz CT molecular complexity index is 363. The van der Waals surface area contributed by atoms with Gasteiger partial charge < -0.3 is 5.32 Å². The highest BCUT2D eigenvalue weighted by atomic mass is 19.1. The second kappa shape index (κ2) is 6.38. The molecule has 0 spiro atoms. The van der Waals surface area contributed by atoms with Gasteiger partial charge in [-0.05, 0) is 50.2 Å². The maximum atomic E-state index is 12.8. The van der Waals surface area contributed by atoms with Gasteiger partial charge in [-0.25, -0.2) is 4.39 Å². The molecule has 16 heavy (non-hydrogen) atoms. The van der Waals surface area contributed by atoms with Crippen LogP contribution in [0.3, 0.4) is 0 Å². The molecule has 0 aliphatic carbocycles. The normalized spacial score (nSPS) is 10.4. The van der Waals surface area contributed by atoms with Crippen molar-refractivity contribution in [2.24, 2.45) is 0 Å². The summed E-state index contributed by atoms with van der Waals surface area (Å²) in [7, 11) is 1.87. The molecule has 3 heteroatoms. The lowest BCUT2D eigenvalue weighted by molar-refractivity contribution is -0.118. The van der Waals surface area contributed by atoms with Crippen molar-refractivity contribution in [3.8, 4) is 0 Å². The first kappa shape index (κ1) is 12.8. The summed E-state index contributed by atoms with van der Waals surface area (Å²) in [5.41, 5.74) is 1.78. The van der Waals surface area contributed by atoms with Gasteiger partial charge in [0.15, 0.2) is 0 Å². The van der Waals surface area contributed by atoms with Crippen molar-refractivity contribution in [3.63, 3.8) is 0 Å². The third kappa shape index (κ3) is 4.11. The zero-order valence-corrected chi connectivity index (χ0v) is 9.85. The molecule has 0 aliphatic heterocycles. The summed E-state index contributed by atoms with van der Waals surface area (Å²) < 4.78 is 12.8. The molecule has 0 atom stereocenters. The van der Waals surface area contributed by atoms with Crippen LogP contribution in [-0.2, 0) is 11.2 Å². The van der Waals surface area contributed by atoms with Crippen LogP contribution in [0.4, 0.5) is 4.39 Å². The van der Waals surface area contributed by atoms with E-state index >= 15 is 0 Å². The molecule has 0 fully saturated rings. The minimum atomic E-state index is -0.246. The first-order chi connectivity index (χ1) is 7.63. The summed E-state index contributed by atoms with van der Waals surface area (Å²) in [6.07, 6.45) is 1.85. The van der Waals surface area contributed by atoms with Crippen LogP contribution in [-0.4, -0.2) is 19.4 Å². The van der Waals surface area contributed by atoms with Crippen LogP contribution in [0.5, 0.6) is 0 Å². The lowest BCUT2D eigenvalue weighted by atomic mass is 10.0. The molecule has 1 aromatic carbocycles. The van der Waals surface area contributed by atoms with Crippen LogP contribution in [0.15, 0.2) is 18.2 Å². The molecule has 1 aromatic rings. The van der Waals surface area contributed by atoms with Crippen molar-refractivity contribution in [1.29, 1.82) is 0 Å². The summed E-state index contributed by atoms with van der Waals surface area (Å²) in [5.74, 6) is -0.0335. The van der Waals surface area contributed by atoms with E-state index in [-0.39, 0.29) is 11.6 Å². The van der Waals surface area contributed by atoms with E-state index in [1.807, 2.05) is 14.0 Å². The average molecular weight is 223 g/mol. The maximum absolute atomic E-state index is 12.8. The van der Waals surface area contributed by atoms with Crippen LogP contribution in [0.2, 0.25) is 0 Å². The number of hydrogen-bond acceptors (Lipinski definition) is 2. The second-order valence-electron chi connectivity index (χ2n) is 3.99. The van der Waals surface area contributed by atoms with Gasteiger partial charge in [0.05, 0.1) is 0 Å². The number of nitrogens with one attached hydrogen (secondary N) is 1. The van der Waals surface area contributed by atoms with Crippen molar-refractivity contribution >= 4 is 5.78 Å². The first-order valence-electron chi connectivity index (χ1n) is 5.55. The highest BCUT2D eigenvalue weighted by molar-refractivity contribution is 5.81. The number of halogens is 1. The number of Topliss-reactive ketones (excluding diaryl/α,β-unsaturated/α-hetero) is 1. The van der Waals surface area contributed by atoms with Crippen molar-refractivity contribution in [2.75, 3.05) is 13.6 Å². The van der Waals surface area contributed by atoms with Crippen LogP contribution < -0.4 is 5.32 Å². The third-order valence-corrected chi connectivity index (χ3v) is 2.57. The van der Waals surface area contributed by atoms with Crippen molar-refractivity contribution in [3.05, 3.63) is 35.1 Å². The Kier molecular flexibility index (Phi) is 5.12. The quantitative estimate of drug-likeness (QED) is 0.749. The fraction of sp³-hybridized carbons (Fsp3) is 0.462. The van der Waals surface area contributed by atoms with E-state index < -0.39 is 0 Å². The van der Waals surface area contributed by atoms with Gasteiger partial charge in [0.25, 0.3) is 0 Å². The Morgan fingerprint density at radius 2 is 2.19 bits per heavy atom. The van der Waals surface area contributed by atoms with E-state index in [9.17, 15) is 9.18 Å². The molecule has 0 saturated heterocycles. The smallest absolute Gasteiger partial charge is 0.137 e. The predicted molar refractivity (Wildman–Crippen MR) is 63.0 cm³/mol. The van der Waals surface area contributed by atoms with E-state index in [4.69, 9.17) is 0 Å². The molecule has 0 bridgehead atoms. The Morgan fingerprint density at radius 3 is 2.81 bits per heavy atom. The monoisotopic (exact) mass is 223 g/mol. The number of aryl methyl sites for hydroxylation is 1. The van der Waals surface area contributed by atoms with E-state index in [1.54, 1.807) is 6.07 Å². The topological polar surface area (TPSA) is 29.1 Å². The van der Waals surface area contributed by atoms with Gasteiger partial charge in [0, 0.05) is 12.8 Å². The molecular weight excluding hydrogens is 205 g/mol.